The van der Waals surface area contributed by atoms with Gasteiger partial charge in [0.25, 0.3) is 0 Å². The van der Waals surface area contributed by atoms with Gasteiger partial charge in [-0.15, -0.1) is 0 Å². The van der Waals surface area contributed by atoms with Crippen molar-refractivity contribution in [2.75, 3.05) is 6.54 Å². The molecule has 1 aliphatic carbocycles. The Hall–Kier alpha value is -1.35. The van der Waals surface area contributed by atoms with Crippen LogP contribution in [0.1, 0.15) is 62.1 Å². The van der Waals surface area contributed by atoms with E-state index in [4.69, 9.17) is 5.73 Å². The van der Waals surface area contributed by atoms with Crippen molar-refractivity contribution >= 4 is 5.91 Å². The predicted molar refractivity (Wildman–Crippen MR) is 77.9 cm³/mol. The van der Waals surface area contributed by atoms with Gasteiger partial charge in [0.05, 0.1) is 12.6 Å². The number of hydrogen-bond donors (Lipinski definition) is 2. The van der Waals surface area contributed by atoms with Gasteiger partial charge in [-0.1, -0.05) is 43.5 Å². The maximum Gasteiger partial charge on any atom is 0.234 e. The summed E-state index contributed by atoms with van der Waals surface area (Å²) in [5.74, 6) is 0.626. The van der Waals surface area contributed by atoms with E-state index in [0.717, 1.165) is 11.5 Å². The molecule has 3 N–H and O–H groups in total. The predicted octanol–water partition coefficient (Wildman–Crippen LogP) is 2.87. The van der Waals surface area contributed by atoms with Crippen LogP contribution in [0.15, 0.2) is 24.3 Å². The molecule has 1 saturated carbocycles. The van der Waals surface area contributed by atoms with E-state index in [1.54, 1.807) is 0 Å². The van der Waals surface area contributed by atoms with Crippen LogP contribution in [-0.2, 0) is 4.79 Å². The second-order valence-corrected chi connectivity index (χ2v) is 5.49. The fourth-order valence-corrected chi connectivity index (χ4v) is 2.88. The van der Waals surface area contributed by atoms with Gasteiger partial charge in [-0.2, -0.15) is 0 Å². The molecule has 0 bridgehead atoms. The van der Waals surface area contributed by atoms with E-state index < -0.39 is 0 Å². The van der Waals surface area contributed by atoms with E-state index in [0.29, 0.717) is 0 Å². The molecular formula is C16H24N2O. The van der Waals surface area contributed by atoms with Crippen LogP contribution in [0.5, 0.6) is 0 Å². The number of carbonyl (C=O) groups is 1. The van der Waals surface area contributed by atoms with Crippen molar-refractivity contribution in [2.45, 2.75) is 51.0 Å². The van der Waals surface area contributed by atoms with E-state index in [-0.39, 0.29) is 18.5 Å². The molecule has 1 unspecified atom stereocenters. The molecule has 0 radical (unpaired) electrons. The normalized spacial score (nSPS) is 18.0. The Morgan fingerprint density at radius 1 is 1.26 bits per heavy atom. The van der Waals surface area contributed by atoms with Gasteiger partial charge in [0.15, 0.2) is 0 Å². The van der Waals surface area contributed by atoms with Gasteiger partial charge in [-0.05, 0) is 36.8 Å². The SMILES string of the molecule is CC(NC(=O)CN)c1ccc(C2CCCCC2)cc1. The van der Waals surface area contributed by atoms with Crippen LogP contribution in [0.25, 0.3) is 0 Å². The average molecular weight is 260 g/mol. The molecule has 1 aliphatic rings. The summed E-state index contributed by atoms with van der Waals surface area (Å²) in [7, 11) is 0. The summed E-state index contributed by atoms with van der Waals surface area (Å²) in [4.78, 5) is 11.3. The lowest BCUT2D eigenvalue weighted by atomic mass is 9.84. The molecule has 19 heavy (non-hydrogen) atoms. The van der Waals surface area contributed by atoms with E-state index in [1.165, 1.54) is 37.7 Å². The first kappa shape index (κ1) is 14.1. The van der Waals surface area contributed by atoms with Gasteiger partial charge in [0.2, 0.25) is 5.91 Å². The minimum absolute atomic E-state index is 0.0245. The number of carbonyl (C=O) groups excluding carboxylic acids is 1. The third kappa shape index (κ3) is 3.80. The Balaban J connectivity index is 1.99. The molecule has 1 fully saturated rings. The number of nitrogens with one attached hydrogen (secondary N) is 1. The Labute approximate surface area is 115 Å². The standard InChI is InChI=1S/C16H24N2O/c1-12(18-16(19)11-17)13-7-9-15(10-8-13)14-5-3-2-4-6-14/h7-10,12,14H,2-6,11,17H2,1H3,(H,18,19). The number of hydrogen-bond acceptors (Lipinski definition) is 2. The second kappa shape index (κ2) is 6.71. The van der Waals surface area contributed by atoms with E-state index in [1.807, 2.05) is 6.92 Å². The van der Waals surface area contributed by atoms with Crippen LogP contribution < -0.4 is 11.1 Å². The van der Waals surface area contributed by atoms with E-state index in [2.05, 4.69) is 29.6 Å². The minimum atomic E-state index is -0.108. The molecule has 1 amide bonds. The van der Waals surface area contributed by atoms with E-state index >= 15 is 0 Å². The second-order valence-electron chi connectivity index (χ2n) is 5.49. The summed E-state index contributed by atoms with van der Waals surface area (Å²) in [6.07, 6.45) is 6.74. The fraction of sp³-hybridized carbons (Fsp3) is 0.562. The highest BCUT2D eigenvalue weighted by molar-refractivity contribution is 5.78. The van der Waals surface area contributed by atoms with Crippen LogP contribution in [0.4, 0.5) is 0 Å². The van der Waals surface area contributed by atoms with Gasteiger partial charge < -0.3 is 11.1 Å². The summed E-state index contributed by atoms with van der Waals surface area (Å²) < 4.78 is 0. The van der Waals surface area contributed by atoms with Crippen molar-refractivity contribution < 1.29 is 4.79 Å². The lowest BCUT2D eigenvalue weighted by Gasteiger charge is -2.22. The third-order valence-electron chi connectivity index (χ3n) is 4.08. The number of nitrogens with two attached hydrogens (primary N) is 1. The zero-order chi connectivity index (χ0) is 13.7. The number of rotatable bonds is 4. The summed E-state index contributed by atoms with van der Waals surface area (Å²) in [5.41, 5.74) is 7.89. The molecular weight excluding hydrogens is 236 g/mol. The summed E-state index contributed by atoms with van der Waals surface area (Å²) in [6.45, 7) is 2.04. The lowest BCUT2D eigenvalue weighted by Crippen LogP contribution is -2.32. The molecule has 1 aromatic rings. The Morgan fingerprint density at radius 2 is 1.89 bits per heavy atom. The zero-order valence-electron chi connectivity index (χ0n) is 11.7. The quantitative estimate of drug-likeness (QED) is 0.874. The van der Waals surface area contributed by atoms with Crippen molar-refractivity contribution in [2.24, 2.45) is 5.73 Å². The van der Waals surface area contributed by atoms with Gasteiger partial charge >= 0.3 is 0 Å². The molecule has 3 heteroatoms. The summed E-state index contributed by atoms with van der Waals surface area (Å²) in [6, 6.07) is 8.72. The lowest BCUT2D eigenvalue weighted by molar-refractivity contribution is -0.120. The maximum absolute atomic E-state index is 11.3. The van der Waals surface area contributed by atoms with Crippen molar-refractivity contribution in [1.29, 1.82) is 0 Å². The highest BCUT2D eigenvalue weighted by Gasteiger charge is 2.16. The van der Waals surface area contributed by atoms with Crippen LogP contribution in [0, 0.1) is 0 Å². The van der Waals surface area contributed by atoms with Crippen LogP contribution in [0.2, 0.25) is 0 Å². The highest BCUT2D eigenvalue weighted by Crippen LogP contribution is 2.32. The third-order valence-corrected chi connectivity index (χ3v) is 4.08. The van der Waals surface area contributed by atoms with Crippen LogP contribution >= 0.6 is 0 Å². The average Bonchev–Trinajstić information content (AvgIpc) is 2.48. The van der Waals surface area contributed by atoms with Crippen molar-refractivity contribution in [3.05, 3.63) is 35.4 Å². The first-order valence-corrected chi connectivity index (χ1v) is 7.30. The summed E-state index contributed by atoms with van der Waals surface area (Å²) in [5, 5.41) is 2.88. The smallest absolute Gasteiger partial charge is 0.234 e. The topological polar surface area (TPSA) is 55.1 Å². The van der Waals surface area contributed by atoms with Crippen LogP contribution in [-0.4, -0.2) is 12.5 Å². The summed E-state index contributed by atoms with van der Waals surface area (Å²) >= 11 is 0. The molecule has 0 aromatic heterocycles. The molecule has 0 saturated heterocycles. The van der Waals surface area contributed by atoms with E-state index in [9.17, 15) is 4.79 Å². The van der Waals surface area contributed by atoms with Gasteiger partial charge in [-0.3, -0.25) is 4.79 Å². The highest BCUT2D eigenvalue weighted by atomic mass is 16.1. The molecule has 0 spiro atoms. The first-order valence-electron chi connectivity index (χ1n) is 7.30. The molecule has 2 rings (SSSR count). The molecule has 1 atom stereocenters. The first-order chi connectivity index (χ1) is 9.20. The van der Waals surface area contributed by atoms with Crippen molar-refractivity contribution in [1.82, 2.24) is 5.32 Å². The van der Waals surface area contributed by atoms with Gasteiger partial charge in [0, 0.05) is 0 Å². The largest absolute Gasteiger partial charge is 0.348 e. The Morgan fingerprint density at radius 3 is 2.47 bits per heavy atom. The maximum atomic E-state index is 11.3. The minimum Gasteiger partial charge on any atom is -0.348 e. The number of benzene rings is 1. The number of amides is 1. The molecule has 3 nitrogen and oxygen atoms in total. The molecule has 104 valence electrons. The molecule has 0 heterocycles. The zero-order valence-corrected chi connectivity index (χ0v) is 11.7. The van der Waals surface area contributed by atoms with Crippen LogP contribution in [0.3, 0.4) is 0 Å². The Kier molecular flexibility index (Phi) is 4.97. The molecule has 1 aromatic carbocycles. The van der Waals surface area contributed by atoms with Gasteiger partial charge in [0.1, 0.15) is 0 Å². The monoisotopic (exact) mass is 260 g/mol. The Bertz CT molecular complexity index is 407. The molecule has 0 aliphatic heterocycles. The van der Waals surface area contributed by atoms with Crippen molar-refractivity contribution in [3.63, 3.8) is 0 Å². The van der Waals surface area contributed by atoms with Gasteiger partial charge in [-0.25, -0.2) is 0 Å². The fourth-order valence-electron chi connectivity index (χ4n) is 2.88. The van der Waals surface area contributed by atoms with Crippen molar-refractivity contribution in [3.8, 4) is 0 Å².